The van der Waals surface area contributed by atoms with Gasteiger partial charge in [0.05, 0.1) is 5.39 Å². The minimum absolute atomic E-state index is 0.380. The summed E-state index contributed by atoms with van der Waals surface area (Å²) in [5.41, 5.74) is 2.81. The maximum Gasteiger partial charge on any atom is 0.167 e. The molecule has 0 bridgehead atoms. The van der Waals surface area contributed by atoms with E-state index < -0.39 is 0 Å². The minimum Gasteiger partial charge on any atom is -0.225 e. The zero-order valence-electron chi connectivity index (χ0n) is 12.1. The average Bonchev–Trinajstić information content (AvgIpc) is 2.99. The molecule has 4 rings (SSSR count). The second-order valence-corrected chi connectivity index (χ2v) is 7.85. The van der Waals surface area contributed by atoms with Crippen LogP contribution in [0.4, 0.5) is 0 Å². The molecule has 20 heavy (non-hydrogen) atoms. The number of hydrogen-bond acceptors (Lipinski definition) is 4. The van der Waals surface area contributed by atoms with Gasteiger partial charge < -0.3 is 0 Å². The van der Waals surface area contributed by atoms with Gasteiger partial charge in [-0.05, 0) is 36.2 Å². The van der Waals surface area contributed by atoms with E-state index in [-0.39, 0.29) is 0 Å². The monoisotopic (exact) mass is 286 g/mol. The Morgan fingerprint density at radius 1 is 1.30 bits per heavy atom. The number of thiophene rings is 1. The Kier molecular flexibility index (Phi) is 2.46. The molecule has 3 heterocycles. The van der Waals surface area contributed by atoms with Gasteiger partial charge in [-0.2, -0.15) is 5.10 Å². The summed E-state index contributed by atoms with van der Waals surface area (Å²) >= 11 is 1.85. The number of nitrogens with zero attached hydrogens (tertiary/aromatic N) is 4. The second-order valence-electron chi connectivity index (χ2n) is 6.76. The molecule has 3 aromatic heterocycles. The molecule has 5 heteroatoms. The summed E-state index contributed by atoms with van der Waals surface area (Å²) in [6.45, 7) is 7.06. The van der Waals surface area contributed by atoms with Gasteiger partial charge in [-0.15, -0.1) is 11.3 Å². The molecule has 0 spiro atoms. The van der Waals surface area contributed by atoms with Crippen molar-refractivity contribution in [3.05, 3.63) is 23.1 Å². The van der Waals surface area contributed by atoms with E-state index in [0.717, 1.165) is 22.8 Å². The molecule has 1 aliphatic rings. The lowest BCUT2D eigenvalue weighted by molar-refractivity contribution is 0.218. The summed E-state index contributed by atoms with van der Waals surface area (Å²) < 4.78 is 1.78. The highest BCUT2D eigenvalue weighted by atomic mass is 32.1. The van der Waals surface area contributed by atoms with Gasteiger partial charge in [0.15, 0.2) is 5.65 Å². The summed E-state index contributed by atoms with van der Waals surface area (Å²) in [5.74, 6) is 0.761. The van der Waals surface area contributed by atoms with Gasteiger partial charge in [0.25, 0.3) is 0 Å². The first-order valence-corrected chi connectivity index (χ1v) is 7.94. The summed E-state index contributed by atoms with van der Waals surface area (Å²) in [6, 6.07) is 0. The van der Waals surface area contributed by atoms with Crippen LogP contribution in [0.15, 0.2) is 12.7 Å². The molecule has 0 saturated heterocycles. The Morgan fingerprint density at radius 3 is 2.95 bits per heavy atom. The van der Waals surface area contributed by atoms with E-state index in [4.69, 9.17) is 0 Å². The van der Waals surface area contributed by atoms with E-state index >= 15 is 0 Å². The van der Waals surface area contributed by atoms with Gasteiger partial charge >= 0.3 is 0 Å². The van der Waals surface area contributed by atoms with Crippen molar-refractivity contribution >= 4 is 27.2 Å². The van der Waals surface area contributed by atoms with Gasteiger partial charge in [0.1, 0.15) is 17.5 Å². The largest absolute Gasteiger partial charge is 0.225 e. The maximum absolute atomic E-state index is 4.55. The van der Waals surface area contributed by atoms with E-state index in [1.165, 1.54) is 28.7 Å². The molecule has 4 nitrogen and oxygen atoms in total. The minimum atomic E-state index is 0.380. The molecule has 3 aromatic rings. The molecule has 0 N–H and O–H groups in total. The van der Waals surface area contributed by atoms with Crippen molar-refractivity contribution in [1.82, 2.24) is 19.6 Å². The highest BCUT2D eigenvalue weighted by molar-refractivity contribution is 7.19. The lowest BCUT2D eigenvalue weighted by Gasteiger charge is -2.33. The van der Waals surface area contributed by atoms with Crippen LogP contribution in [0.25, 0.3) is 15.9 Å². The molecule has 0 aliphatic heterocycles. The Bertz CT molecular complexity index is 793. The Morgan fingerprint density at radius 2 is 2.15 bits per heavy atom. The van der Waals surface area contributed by atoms with Crippen molar-refractivity contribution < 1.29 is 0 Å². The zero-order valence-corrected chi connectivity index (χ0v) is 12.9. The zero-order chi connectivity index (χ0) is 13.9. The molecule has 1 atom stereocenters. The fraction of sp³-hybridized carbons (Fsp3) is 0.533. The first-order chi connectivity index (χ1) is 9.54. The van der Waals surface area contributed by atoms with Gasteiger partial charge in [0.2, 0.25) is 0 Å². The average molecular weight is 286 g/mol. The summed E-state index contributed by atoms with van der Waals surface area (Å²) in [5, 5.41) is 5.43. The van der Waals surface area contributed by atoms with E-state index in [0.29, 0.717) is 5.41 Å². The van der Waals surface area contributed by atoms with Crippen LogP contribution in [0.3, 0.4) is 0 Å². The molecule has 0 radical (unpaired) electrons. The van der Waals surface area contributed by atoms with E-state index in [2.05, 4.69) is 35.8 Å². The predicted molar refractivity (Wildman–Crippen MR) is 81.1 cm³/mol. The van der Waals surface area contributed by atoms with Crippen LogP contribution in [-0.2, 0) is 12.8 Å². The second kappa shape index (κ2) is 4.01. The highest BCUT2D eigenvalue weighted by Gasteiger charge is 2.31. The number of hydrogen-bond donors (Lipinski definition) is 0. The van der Waals surface area contributed by atoms with Crippen LogP contribution in [0.5, 0.6) is 0 Å². The maximum atomic E-state index is 4.55. The summed E-state index contributed by atoms with van der Waals surface area (Å²) in [7, 11) is 0. The van der Waals surface area contributed by atoms with Crippen LogP contribution < -0.4 is 0 Å². The fourth-order valence-electron chi connectivity index (χ4n) is 3.25. The number of aryl methyl sites for hydroxylation is 1. The molecule has 104 valence electrons. The first-order valence-electron chi connectivity index (χ1n) is 7.12. The van der Waals surface area contributed by atoms with Crippen LogP contribution in [0, 0.1) is 11.3 Å². The molecule has 0 amide bonds. The van der Waals surface area contributed by atoms with Crippen molar-refractivity contribution in [3.63, 3.8) is 0 Å². The van der Waals surface area contributed by atoms with Gasteiger partial charge in [-0.1, -0.05) is 20.8 Å². The summed E-state index contributed by atoms with van der Waals surface area (Å²) in [6.07, 6.45) is 6.97. The predicted octanol–water partition coefficient (Wildman–Crippen LogP) is 3.49. The first kappa shape index (κ1) is 12.3. The molecule has 0 aromatic carbocycles. The van der Waals surface area contributed by atoms with Crippen LogP contribution in [-0.4, -0.2) is 19.6 Å². The SMILES string of the molecule is CC(C)(C)C1CCc2c(sc3ncn4ncnc4c23)C1. The molecule has 0 saturated carbocycles. The third-order valence-corrected chi connectivity index (χ3v) is 5.71. The van der Waals surface area contributed by atoms with Crippen molar-refractivity contribution in [2.75, 3.05) is 0 Å². The molecule has 1 aliphatic carbocycles. The van der Waals surface area contributed by atoms with Gasteiger partial charge in [-0.3, -0.25) is 0 Å². The number of fused-ring (bicyclic) bond motifs is 5. The molecule has 1 unspecified atom stereocenters. The topological polar surface area (TPSA) is 43.1 Å². The van der Waals surface area contributed by atoms with Crippen LogP contribution in [0.1, 0.15) is 37.6 Å². The molecule has 0 fully saturated rings. The van der Waals surface area contributed by atoms with E-state index in [1.807, 2.05) is 11.3 Å². The number of rotatable bonds is 0. The van der Waals surface area contributed by atoms with Crippen molar-refractivity contribution in [2.24, 2.45) is 11.3 Å². The highest BCUT2D eigenvalue weighted by Crippen LogP contribution is 2.43. The van der Waals surface area contributed by atoms with Crippen LogP contribution >= 0.6 is 11.3 Å². The lowest BCUT2D eigenvalue weighted by Crippen LogP contribution is -2.26. The fourth-order valence-corrected chi connectivity index (χ4v) is 4.51. The quantitative estimate of drug-likeness (QED) is 0.635. The van der Waals surface area contributed by atoms with Crippen molar-refractivity contribution in [2.45, 2.75) is 40.0 Å². The van der Waals surface area contributed by atoms with Gasteiger partial charge in [-0.25, -0.2) is 14.5 Å². The number of aromatic nitrogens is 4. The third kappa shape index (κ3) is 1.69. The Labute approximate surface area is 121 Å². The van der Waals surface area contributed by atoms with Crippen molar-refractivity contribution in [1.29, 1.82) is 0 Å². The van der Waals surface area contributed by atoms with E-state index in [9.17, 15) is 0 Å². The van der Waals surface area contributed by atoms with Crippen molar-refractivity contribution in [3.8, 4) is 0 Å². The lowest BCUT2D eigenvalue weighted by atomic mass is 9.72. The molecular weight excluding hydrogens is 268 g/mol. The van der Waals surface area contributed by atoms with Gasteiger partial charge in [0, 0.05) is 4.88 Å². The Hall–Kier alpha value is -1.49. The van der Waals surface area contributed by atoms with Crippen LogP contribution in [0.2, 0.25) is 0 Å². The normalized spacial score (nSPS) is 19.6. The Balaban J connectivity index is 1.91. The smallest absolute Gasteiger partial charge is 0.167 e. The third-order valence-electron chi connectivity index (χ3n) is 4.55. The molecular formula is C15H18N4S. The van der Waals surface area contributed by atoms with E-state index in [1.54, 1.807) is 17.2 Å². The summed E-state index contributed by atoms with van der Waals surface area (Å²) in [4.78, 5) is 11.6. The standard InChI is InChI=1S/C15H18N4S/c1-15(2,3)9-4-5-10-11(6-9)20-14-12(10)13-16-7-18-19(13)8-17-14/h7-9H,4-6H2,1-3H3.